The highest BCUT2D eigenvalue weighted by atomic mass is 16.4. The number of nitrogens with zero attached hydrogens (tertiary/aromatic N) is 1. The van der Waals surface area contributed by atoms with Crippen LogP contribution in [0, 0.1) is 0 Å². The van der Waals surface area contributed by atoms with E-state index >= 15 is 0 Å². The third kappa shape index (κ3) is 3.85. The summed E-state index contributed by atoms with van der Waals surface area (Å²) >= 11 is 0. The Balaban J connectivity index is 2.66. The first kappa shape index (κ1) is 14.2. The standard InChI is InChI=1S/C13H18N2O3/c1-3-15(2)11(16)9-14-12(13(17)18)10-7-5-4-6-8-10/h4-8,12,14H,3,9H2,1-2H3,(H,17,18). The van der Waals surface area contributed by atoms with Crippen molar-refractivity contribution in [2.45, 2.75) is 13.0 Å². The Morgan fingerprint density at radius 1 is 1.33 bits per heavy atom. The maximum Gasteiger partial charge on any atom is 0.325 e. The lowest BCUT2D eigenvalue weighted by atomic mass is 10.1. The van der Waals surface area contributed by atoms with Crippen LogP contribution < -0.4 is 5.32 Å². The highest BCUT2D eigenvalue weighted by Crippen LogP contribution is 2.12. The van der Waals surface area contributed by atoms with Crippen LogP contribution >= 0.6 is 0 Å². The van der Waals surface area contributed by atoms with Gasteiger partial charge in [0, 0.05) is 13.6 Å². The fourth-order valence-corrected chi connectivity index (χ4v) is 1.49. The van der Waals surface area contributed by atoms with Crippen LogP contribution in [-0.4, -0.2) is 42.0 Å². The summed E-state index contributed by atoms with van der Waals surface area (Å²) < 4.78 is 0. The van der Waals surface area contributed by atoms with Gasteiger partial charge in [0.1, 0.15) is 6.04 Å². The molecule has 0 fully saturated rings. The number of rotatable bonds is 6. The molecule has 0 aliphatic heterocycles. The minimum Gasteiger partial charge on any atom is -0.480 e. The van der Waals surface area contributed by atoms with E-state index in [0.717, 1.165) is 0 Å². The first-order valence-corrected chi connectivity index (χ1v) is 5.81. The van der Waals surface area contributed by atoms with Gasteiger partial charge in [-0.1, -0.05) is 30.3 Å². The van der Waals surface area contributed by atoms with Gasteiger partial charge in [0.2, 0.25) is 5.91 Å². The van der Waals surface area contributed by atoms with Crippen molar-refractivity contribution in [1.82, 2.24) is 10.2 Å². The smallest absolute Gasteiger partial charge is 0.325 e. The predicted molar refractivity (Wildman–Crippen MR) is 68.1 cm³/mol. The van der Waals surface area contributed by atoms with E-state index in [1.54, 1.807) is 31.3 Å². The molecular formula is C13H18N2O3. The lowest BCUT2D eigenvalue weighted by molar-refractivity contribution is -0.140. The third-order valence-electron chi connectivity index (χ3n) is 2.74. The Kier molecular flexibility index (Phi) is 5.32. The minimum absolute atomic E-state index is 0.0101. The van der Waals surface area contributed by atoms with E-state index in [1.165, 1.54) is 4.90 Å². The maximum absolute atomic E-state index is 11.6. The number of carbonyl (C=O) groups excluding carboxylic acids is 1. The molecule has 0 spiro atoms. The maximum atomic E-state index is 11.6. The van der Waals surface area contributed by atoms with Crippen LogP contribution in [-0.2, 0) is 9.59 Å². The second-order valence-corrected chi connectivity index (χ2v) is 3.97. The number of hydrogen-bond donors (Lipinski definition) is 2. The molecule has 1 atom stereocenters. The molecule has 5 nitrogen and oxygen atoms in total. The Bertz CT molecular complexity index is 406. The molecule has 0 radical (unpaired) electrons. The molecule has 0 bridgehead atoms. The largest absolute Gasteiger partial charge is 0.480 e. The van der Waals surface area contributed by atoms with Crippen LogP contribution in [0.15, 0.2) is 30.3 Å². The summed E-state index contributed by atoms with van der Waals surface area (Å²) in [5, 5.41) is 11.9. The van der Waals surface area contributed by atoms with Crippen LogP contribution in [0.3, 0.4) is 0 Å². The van der Waals surface area contributed by atoms with Crippen LogP contribution in [0.1, 0.15) is 18.5 Å². The summed E-state index contributed by atoms with van der Waals surface area (Å²) in [7, 11) is 1.68. The molecule has 0 heterocycles. The van der Waals surface area contributed by atoms with E-state index in [4.69, 9.17) is 5.11 Å². The van der Waals surface area contributed by atoms with Gasteiger partial charge in [-0.3, -0.25) is 14.9 Å². The Morgan fingerprint density at radius 3 is 2.44 bits per heavy atom. The van der Waals surface area contributed by atoms with Crippen molar-refractivity contribution in [1.29, 1.82) is 0 Å². The van der Waals surface area contributed by atoms with Gasteiger partial charge in [-0.15, -0.1) is 0 Å². The zero-order chi connectivity index (χ0) is 13.5. The number of amides is 1. The SMILES string of the molecule is CCN(C)C(=O)CNC(C(=O)O)c1ccccc1. The zero-order valence-corrected chi connectivity index (χ0v) is 10.6. The molecule has 0 aromatic heterocycles. The number of nitrogens with one attached hydrogen (secondary N) is 1. The van der Waals surface area contributed by atoms with Crippen molar-refractivity contribution in [3.05, 3.63) is 35.9 Å². The Hall–Kier alpha value is -1.88. The molecule has 1 unspecified atom stereocenters. The molecule has 1 rings (SSSR count). The van der Waals surface area contributed by atoms with Gasteiger partial charge in [0.15, 0.2) is 0 Å². The number of likely N-dealkylation sites (N-methyl/N-ethyl adjacent to an activating group) is 1. The lowest BCUT2D eigenvalue weighted by Gasteiger charge is -2.18. The van der Waals surface area contributed by atoms with Gasteiger partial charge < -0.3 is 10.0 Å². The van der Waals surface area contributed by atoms with E-state index < -0.39 is 12.0 Å². The van der Waals surface area contributed by atoms with E-state index in [2.05, 4.69) is 5.32 Å². The summed E-state index contributed by atoms with van der Waals surface area (Å²) in [6.07, 6.45) is 0. The van der Waals surface area contributed by atoms with Crippen molar-refractivity contribution in [2.75, 3.05) is 20.1 Å². The number of benzene rings is 1. The van der Waals surface area contributed by atoms with Crippen LogP contribution in [0.25, 0.3) is 0 Å². The highest BCUT2D eigenvalue weighted by Gasteiger charge is 2.20. The predicted octanol–water partition coefficient (Wildman–Crippen LogP) is 0.880. The monoisotopic (exact) mass is 250 g/mol. The molecule has 98 valence electrons. The summed E-state index contributed by atoms with van der Waals surface area (Å²) in [5.74, 6) is -1.12. The Labute approximate surface area is 106 Å². The van der Waals surface area contributed by atoms with Gasteiger partial charge >= 0.3 is 5.97 Å². The molecule has 0 saturated carbocycles. The highest BCUT2D eigenvalue weighted by molar-refractivity contribution is 5.80. The van der Waals surface area contributed by atoms with Crippen LogP contribution in [0.2, 0.25) is 0 Å². The van der Waals surface area contributed by atoms with E-state index in [-0.39, 0.29) is 12.5 Å². The van der Waals surface area contributed by atoms with Gasteiger partial charge in [-0.2, -0.15) is 0 Å². The first-order valence-electron chi connectivity index (χ1n) is 5.81. The van der Waals surface area contributed by atoms with Crippen molar-refractivity contribution in [3.63, 3.8) is 0 Å². The van der Waals surface area contributed by atoms with Crippen molar-refractivity contribution in [3.8, 4) is 0 Å². The minimum atomic E-state index is -0.992. The molecule has 5 heteroatoms. The molecule has 2 N–H and O–H groups in total. The third-order valence-corrected chi connectivity index (χ3v) is 2.74. The Morgan fingerprint density at radius 2 is 1.94 bits per heavy atom. The second-order valence-electron chi connectivity index (χ2n) is 3.97. The van der Waals surface area contributed by atoms with Gasteiger partial charge in [-0.05, 0) is 12.5 Å². The van der Waals surface area contributed by atoms with Crippen LogP contribution in [0.4, 0.5) is 0 Å². The van der Waals surface area contributed by atoms with Gasteiger partial charge in [-0.25, -0.2) is 0 Å². The molecule has 0 aliphatic carbocycles. The first-order chi connectivity index (χ1) is 8.56. The summed E-state index contributed by atoms with van der Waals surface area (Å²) in [5.41, 5.74) is 0.636. The van der Waals surface area contributed by atoms with E-state index in [9.17, 15) is 9.59 Å². The van der Waals surface area contributed by atoms with E-state index in [0.29, 0.717) is 12.1 Å². The average Bonchev–Trinajstić information content (AvgIpc) is 2.38. The molecule has 18 heavy (non-hydrogen) atoms. The van der Waals surface area contributed by atoms with Crippen LogP contribution in [0.5, 0.6) is 0 Å². The molecular weight excluding hydrogens is 232 g/mol. The molecule has 1 aromatic rings. The lowest BCUT2D eigenvalue weighted by Crippen LogP contribution is -2.39. The second kappa shape index (κ2) is 6.76. The number of aliphatic carboxylic acids is 1. The average molecular weight is 250 g/mol. The normalized spacial score (nSPS) is 11.9. The topological polar surface area (TPSA) is 69.6 Å². The molecule has 0 aliphatic rings. The van der Waals surface area contributed by atoms with Crippen molar-refractivity contribution >= 4 is 11.9 Å². The van der Waals surface area contributed by atoms with Crippen molar-refractivity contribution < 1.29 is 14.7 Å². The van der Waals surface area contributed by atoms with Gasteiger partial charge in [0.25, 0.3) is 0 Å². The summed E-state index contributed by atoms with van der Waals surface area (Å²) in [6, 6.07) is 7.94. The fraction of sp³-hybridized carbons (Fsp3) is 0.385. The molecule has 1 aromatic carbocycles. The summed E-state index contributed by atoms with van der Waals surface area (Å²) in [6.45, 7) is 2.48. The molecule has 0 saturated heterocycles. The van der Waals surface area contributed by atoms with E-state index in [1.807, 2.05) is 13.0 Å². The number of carboxylic acids is 1. The fourth-order valence-electron chi connectivity index (χ4n) is 1.49. The number of hydrogen-bond acceptors (Lipinski definition) is 3. The summed E-state index contributed by atoms with van der Waals surface area (Å²) in [4.78, 5) is 24.3. The van der Waals surface area contributed by atoms with Crippen molar-refractivity contribution in [2.24, 2.45) is 0 Å². The quantitative estimate of drug-likeness (QED) is 0.786. The number of carbonyl (C=O) groups is 2. The molecule has 1 amide bonds. The zero-order valence-electron chi connectivity index (χ0n) is 10.6. The van der Waals surface area contributed by atoms with Gasteiger partial charge in [0.05, 0.1) is 6.54 Å². The number of carboxylic acid groups (broad SMARTS) is 1.